The molecule has 2 amide bonds. The van der Waals surface area contributed by atoms with E-state index in [1.807, 2.05) is 0 Å². The normalized spacial score (nSPS) is 14.2. The molecule has 2 rings (SSSR count). The molecule has 0 atom stereocenters. The van der Waals surface area contributed by atoms with Gasteiger partial charge in [0.15, 0.2) is 0 Å². The third-order valence-electron chi connectivity index (χ3n) is 2.49. The number of imide groups is 1. The summed E-state index contributed by atoms with van der Waals surface area (Å²) < 4.78 is 0. The lowest BCUT2D eigenvalue weighted by Crippen LogP contribution is -2.24. The van der Waals surface area contributed by atoms with Crippen molar-refractivity contribution < 1.29 is 19.5 Å². The second-order valence-electron chi connectivity index (χ2n) is 3.46. The number of carboxylic acid groups (broad SMARTS) is 1. The van der Waals surface area contributed by atoms with E-state index in [0.717, 1.165) is 11.0 Å². The van der Waals surface area contributed by atoms with Crippen LogP contribution in [0.4, 0.5) is 5.69 Å². The van der Waals surface area contributed by atoms with Gasteiger partial charge in [-0.15, -0.1) is 0 Å². The van der Waals surface area contributed by atoms with Crippen molar-refractivity contribution in [1.82, 2.24) is 4.90 Å². The summed E-state index contributed by atoms with van der Waals surface area (Å²) in [5.41, 5.74) is 5.52. The van der Waals surface area contributed by atoms with Crippen LogP contribution in [0, 0.1) is 0 Å². The van der Waals surface area contributed by atoms with Crippen LogP contribution in [0.3, 0.4) is 0 Å². The molecular weight excluding hydrogens is 212 g/mol. The van der Waals surface area contributed by atoms with Crippen LogP contribution in [-0.2, 0) is 0 Å². The fourth-order valence-electron chi connectivity index (χ4n) is 1.61. The number of carbonyl (C=O) groups is 3. The van der Waals surface area contributed by atoms with E-state index in [9.17, 15) is 14.4 Å². The molecule has 1 aliphatic heterocycles. The SMILES string of the molecule is CN1C(=O)c2cc(N)c(C(=O)O)cc2C1=O. The van der Waals surface area contributed by atoms with Gasteiger partial charge in [0.1, 0.15) is 0 Å². The Morgan fingerprint density at radius 3 is 2.25 bits per heavy atom. The van der Waals surface area contributed by atoms with Gasteiger partial charge in [0.2, 0.25) is 0 Å². The molecule has 0 unspecified atom stereocenters. The summed E-state index contributed by atoms with van der Waals surface area (Å²) in [6, 6.07) is 2.36. The molecule has 6 heteroatoms. The second kappa shape index (κ2) is 3.06. The molecule has 0 radical (unpaired) electrons. The lowest BCUT2D eigenvalue weighted by atomic mass is 10.0. The maximum absolute atomic E-state index is 11.6. The third kappa shape index (κ3) is 1.16. The maximum Gasteiger partial charge on any atom is 0.337 e. The van der Waals surface area contributed by atoms with Crippen molar-refractivity contribution in [2.75, 3.05) is 12.8 Å². The molecule has 0 aromatic heterocycles. The summed E-state index contributed by atoms with van der Waals surface area (Å²) in [7, 11) is 1.33. The van der Waals surface area contributed by atoms with Crippen LogP contribution in [-0.4, -0.2) is 34.8 Å². The number of rotatable bonds is 1. The minimum absolute atomic E-state index is 0.0253. The van der Waals surface area contributed by atoms with Gasteiger partial charge >= 0.3 is 5.97 Å². The van der Waals surface area contributed by atoms with Crippen LogP contribution in [0.1, 0.15) is 31.1 Å². The molecule has 1 aromatic rings. The molecule has 0 saturated heterocycles. The number of amides is 2. The van der Waals surface area contributed by atoms with Gasteiger partial charge in [-0.25, -0.2) is 4.79 Å². The highest BCUT2D eigenvalue weighted by atomic mass is 16.4. The third-order valence-corrected chi connectivity index (χ3v) is 2.49. The zero-order valence-corrected chi connectivity index (χ0v) is 8.35. The van der Waals surface area contributed by atoms with Crippen molar-refractivity contribution >= 4 is 23.5 Å². The Labute approximate surface area is 90.3 Å². The summed E-state index contributed by atoms with van der Waals surface area (Å²) in [6.07, 6.45) is 0. The van der Waals surface area contributed by atoms with E-state index in [-0.39, 0.29) is 22.4 Å². The van der Waals surface area contributed by atoms with E-state index in [4.69, 9.17) is 10.8 Å². The van der Waals surface area contributed by atoms with Crippen LogP contribution < -0.4 is 5.73 Å². The molecule has 0 aliphatic carbocycles. The van der Waals surface area contributed by atoms with Crippen LogP contribution >= 0.6 is 0 Å². The quantitative estimate of drug-likeness (QED) is 0.519. The number of carboxylic acids is 1. The number of anilines is 1. The molecule has 6 nitrogen and oxygen atoms in total. The summed E-state index contributed by atoms with van der Waals surface area (Å²) >= 11 is 0. The van der Waals surface area contributed by atoms with E-state index in [0.29, 0.717) is 0 Å². The Morgan fingerprint density at radius 2 is 1.75 bits per heavy atom. The van der Waals surface area contributed by atoms with Crippen molar-refractivity contribution in [2.45, 2.75) is 0 Å². The first-order chi connectivity index (χ1) is 7.43. The zero-order chi connectivity index (χ0) is 12.0. The first-order valence-corrected chi connectivity index (χ1v) is 4.42. The molecular formula is C10H8N2O4. The molecule has 0 bridgehead atoms. The van der Waals surface area contributed by atoms with Crippen molar-refractivity contribution in [3.63, 3.8) is 0 Å². The van der Waals surface area contributed by atoms with Crippen LogP contribution in [0.2, 0.25) is 0 Å². The number of nitrogen functional groups attached to an aromatic ring is 1. The average molecular weight is 220 g/mol. The highest BCUT2D eigenvalue weighted by molar-refractivity contribution is 6.22. The van der Waals surface area contributed by atoms with Gasteiger partial charge in [-0.05, 0) is 12.1 Å². The molecule has 3 N–H and O–H groups in total. The number of aromatic carboxylic acids is 1. The predicted molar refractivity (Wildman–Crippen MR) is 54.2 cm³/mol. The maximum atomic E-state index is 11.6. The highest BCUT2D eigenvalue weighted by Gasteiger charge is 2.34. The van der Waals surface area contributed by atoms with Gasteiger partial charge in [-0.2, -0.15) is 0 Å². The molecule has 82 valence electrons. The Bertz CT molecular complexity index is 536. The van der Waals surface area contributed by atoms with Gasteiger partial charge in [0.05, 0.1) is 16.7 Å². The molecule has 0 fully saturated rings. The molecule has 0 spiro atoms. The van der Waals surface area contributed by atoms with E-state index in [1.54, 1.807) is 0 Å². The van der Waals surface area contributed by atoms with Gasteiger partial charge < -0.3 is 10.8 Å². The largest absolute Gasteiger partial charge is 0.478 e. The fraction of sp³-hybridized carbons (Fsp3) is 0.100. The van der Waals surface area contributed by atoms with E-state index in [2.05, 4.69) is 0 Å². The monoisotopic (exact) mass is 220 g/mol. The Kier molecular flexibility index (Phi) is 1.94. The number of carbonyl (C=O) groups excluding carboxylic acids is 2. The standard InChI is InChI=1S/C10H8N2O4/c1-12-8(13)4-2-6(10(15)16)7(11)3-5(4)9(12)14/h2-3H,11H2,1H3,(H,15,16). The van der Waals surface area contributed by atoms with Gasteiger partial charge in [0.25, 0.3) is 11.8 Å². The minimum atomic E-state index is -1.23. The number of nitrogens with two attached hydrogens (primary N) is 1. The van der Waals surface area contributed by atoms with Crippen LogP contribution in [0.15, 0.2) is 12.1 Å². The molecule has 1 aromatic carbocycles. The molecule has 1 aliphatic rings. The summed E-state index contributed by atoms with van der Waals surface area (Å²) in [6.45, 7) is 0. The minimum Gasteiger partial charge on any atom is -0.478 e. The van der Waals surface area contributed by atoms with Crippen molar-refractivity contribution in [2.24, 2.45) is 0 Å². The molecule has 16 heavy (non-hydrogen) atoms. The molecule has 1 heterocycles. The Balaban J connectivity index is 2.70. The highest BCUT2D eigenvalue weighted by Crippen LogP contribution is 2.26. The van der Waals surface area contributed by atoms with Gasteiger partial charge in [0, 0.05) is 12.7 Å². The summed E-state index contributed by atoms with van der Waals surface area (Å²) in [5.74, 6) is -2.21. The second-order valence-corrected chi connectivity index (χ2v) is 3.46. The fourth-order valence-corrected chi connectivity index (χ4v) is 1.61. The average Bonchev–Trinajstić information content (AvgIpc) is 2.43. The van der Waals surface area contributed by atoms with Crippen molar-refractivity contribution in [3.8, 4) is 0 Å². The lowest BCUT2D eigenvalue weighted by molar-refractivity contribution is 0.0686. The van der Waals surface area contributed by atoms with Crippen LogP contribution in [0.5, 0.6) is 0 Å². The summed E-state index contributed by atoms with van der Waals surface area (Å²) in [4.78, 5) is 34.8. The first-order valence-electron chi connectivity index (χ1n) is 4.42. The molecule has 0 saturated carbocycles. The van der Waals surface area contributed by atoms with Crippen LogP contribution in [0.25, 0.3) is 0 Å². The Morgan fingerprint density at radius 1 is 1.25 bits per heavy atom. The lowest BCUT2D eigenvalue weighted by Gasteiger charge is -2.02. The van der Waals surface area contributed by atoms with Gasteiger partial charge in [-0.1, -0.05) is 0 Å². The van der Waals surface area contributed by atoms with E-state index >= 15 is 0 Å². The number of nitrogens with zero attached hydrogens (tertiary/aromatic N) is 1. The first kappa shape index (κ1) is 10.2. The van der Waals surface area contributed by atoms with E-state index in [1.165, 1.54) is 13.1 Å². The smallest absolute Gasteiger partial charge is 0.337 e. The van der Waals surface area contributed by atoms with E-state index < -0.39 is 17.8 Å². The van der Waals surface area contributed by atoms with Crippen molar-refractivity contribution in [1.29, 1.82) is 0 Å². The van der Waals surface area contributed by atoms with Crippen molar-refractivity contribution in [3.05, 3.63) is 28.8 Å². The summed E-state index contributed by atoms with van der Waals surface area (Å²) in [5, 5.41) is 8.83. The number of benzene rings is 1. The topological polar surface area (TPSA) is 101 Å². The number of hydrogen-bond donors (Lipinski definition) is 2. The number of hydrogen-bond acceptors (Lipinski definition) is 4. The predicted octanol–water partition coefficient (Wildman–Crippen LogP) is 0.193. The number of fused-ring (bicyclic) bond motifs is 1. The zero-order valence-electron chi connectivity index (χ0n) is 8.35. The van der Waals surface area contributed by atoms with Gasteiger partial charge in [-0.3, -0.25) is 14.5 Å². The Hall–Kier alpha value is -2.37.